The predicted octanol–water partition coefficient (Wildman–Crippen LogP) is 5.07. The van der Waals surface area contributed by atoms with Gasteiger partial charge in [0.25, 0.3) is 5.91 Å². The van der Waals surface area contributed by atoms with Gasteiger partial charge in [-0.2, -0.15) is 5.26 Å². The maximum absolute atomic E-state index is 12.2. The van der Waals surface area contributed by atoms with Crippen LogP contribution in [0.5, 0.6) is 5.75 Å². The Hall–Kier alpha value is -1.37. The molecular formula is C16H9Br2IN2O2. The van der Waals surface area contributed by atoms with E-state index in [1.165, 1.54) is 6.08 Å². The van der Waals surface area contributed by atoms with Crippen molar-refractivity contribution < 1.29 is 9.90 Å². The van der Waals surface area contributed by atoms with Gasteiger partial charge < -0.3 is 10.4 Å². The van der Waals surface area contributed by atoms with Gasteiger partial charge in [-0.25, -0.2) is 0 Å². The molecule has 2 aromatic carbocycles. The number of nitrogens with one attached hydrogen (secondary N) is 1. The highest BCUT2D eigenvalue weighted by molar-refractivity contribution is 14.1. The first-order valence-electron chi connectivity index (χ1n) is 6.27. The average molecular weight is 548 g/mol. The van der Waals surface area contributed by atoms with Crippen molar-refractivity contribution in [1.29, 1.82) is 5.26 Å². The van der Waals surface area contributed by atoms with Crippen LogP contribution in [0.15, 0.2) is 50.9 Å². The molecule has 4 nitrogen and oxygen atoms in total. The molecule has 0 radical (unpaired) electrons. The number of nitrogens with zero attached hydrogens (tertiary/aromatic N) is 1. The molecule has 0 heterocycles. The Morgan fingerprint density at radius 3 is 2.65 bits per heavy atom. The summed E-state index contributed by atoms with van der Waals surface area (Å²) < 4.78 is 1.95. The van der Waals surface area contributed by atoms with Crippen LogP contribution in [-0.2, 0) is 4.79 Å². The number of benzene rings is 2. The number of amides is 1. The van der Waals surface area contributed by atoms with E-state index in [1.54, 1.807) is 30.3 Å². The number of rotatable bonds is 3. The second-order valence-electron chi connectivity index (χ2n) is 4.47. The molecule has 0 saturated carbocycles. The van der Waals surface area contributed by atoms with E-state index < -0.39 is 5.91 Å². The third-order valence-electron chi connectivity index (χ3n) is 2.80. The number of phenols is 1. The average Bonchev–Trinajstić information content (AvgIpc) is 2.50. The molecule has 0 bridgehead atoms. The summed E-state index contributed by atoms with van der Waals surface area (Å²) in [7, 11) is 0. The van der Waals surface area contributed by atoms with Crippen molar-refractivity contribution >= 4 is 72.1 Å². The Balaban J connectivity index is 2.28. The van der Waals surface area contributed by atoms with Crippen LogP contribution >= 0.6 is 54.5 Å². The summed E-state index contributed by atoms with van der Waals surface area (Å²) in [4.78, 5) is 12.2. The van der Waals surface area contributed by atoms with Crippen LogP contribution in [0.2, 0.25) is 0 Å². The first kappa shape index (κ1) is 18.0. The molecule has 0 unspecified atom stereocenters. The van der Waals surface area contributed by atoms with Crippen molar-refractivity contribution in [2.75, 3.05) is 5.32 Å². The van der Waals surface area contributed by atoms with E-state index >= 15 is 0 Å². The molecule has 2 aromatic rings. The predicted molar refractivity (Wildman–Crippen MR) is 105 cm³/mol. The summed E-state index contributed by atoms with van der Waals surface area (Å²) in [6.07, 6.45) is 1.47. The fourth-order valence-corrected chi connectivity index (χ4v) is 3.65. The molecule has 0 atom stereocenters. The second kappa shape index (κ2) is 7.95. The van der Waals surface area contributed by atoms with Gasteiger partial charge in [0.2, 0.25) is 0 Å². The van der Waals surface area contributed by atoms with Gasteiger partial charge in [0.05, 0.1) is 8.04 Å². The van der Waals surface area contributed by atoms with Crippen LogP contribution in [0.25, 0.3) is 6.08 Å². The number of phenolic OH excluding ortho intramolecular Hbond substituents is 1. The zero-order valence-corrected chi connectivity index (χ0v) is 16.8. The molecule has 2 N–H and O–H groups in total. The minimum atomic E-state index is -0.496. The Labute approximate surface area is 163 Å². The standard InChI is InChI=1S/C16H9Br2IN2O2/c17-11-2-1-3-12(7-11)21-16(23)10(8-20)4-9-5-13(18)15(22)14(19)6-9/h1-7,22H,(H,21,23)/b10-4-. The van der Waals surface area contributed by atoms with Crippen LogP contribution in [0, 0.1) is 14.9 Å². The van der Waals surface area contributed by atoms with E-state index in [-0.39, 0.29) is 11.3 Å². The molecule has 0 aliphatic heterocycles. The molecule has 0 aliphatic rings. The van der Waals surface area contributed by atoms with Crippen LogP contribution in [0.3, 0.4) is 0 Å². The maximum atomic E-state index is 12.2. The van der Waals surface area contributed by atoms with E-state index in [9.17, 15) is 15.2 Å². The van der Waals surface area contributed by atoms with E-state index in [4.69, 9.17) is 0 Å². The van der Waals surface area contributed by atoms with Crippen molar-refractivity contribution in [2.24, 2.45) is 0 Å². The van der Waals surface area contributed by atoms with Crippen molar-refractivity contribution in [2.45, 2.75) is 0 Å². The third kappa shape index (κ3) is 4.80. The molecule has 0 fully saturated rings. The highest BCUT2D eigenvalue weighted by Crippen LogP contribution is 2.31. The van der Waals surface area contributed by atoms with E-state index in [1.807, 2.05) is 34.7 Å². The van der Waals surface area contributed by atoms with Crippen LogP contribution in [-0.4, -0.2) is 11.0 Å². The molecule has 7 heteroatoms. The molecule has 0 aromatic heterocycles. The fraction of sp³-hybridized carbons (Fsp3) is 0. The van der Waals surface area contributed by atoms with Crippen molar-refractivity contribution in [3.8, 4) is 11.8 Å². The molecule has 23 heavy (non-hydrogen) atoms. The van der Waals surface area contributed by atoms with Gasteiger partial charge >= 0.3 is 0 Å². The summed E-state index contributed by atoms with van der Waals surface area (Å²) in [5, 5.41) is 21.6. The molecular weight excluding hydrogens is 539 g/mol. The largest absolute Gasteiger partial charge is 0.506 e. The van der Waals surface area contributed by atoms with Crippen LogP contribution < -0.4 is 5.32 Å². The van der Waals surface area contributed by atoms with E-state index in [2.05, 4.69) is 37.2 Å². The first-order chi connectivity index (χ1) is 10.9. The highest BCUT2D eigenvalue weighted by Gasteiger charge is 2.11. The van der Waals surface area contributed by atoms with Gasteiger partial charge in [-0.15, -0.1) is 0 Å². The normalized spacial score (nSPS) is 11.0. The molecule has 0 aliphatic carbocycles. The zero-order chi connectivity index (χ0) is 17.0. The number of halogens is 3. The number of hydrogen-bond donors (Lipinski definition) is 2. The zero-order valence-electron chi connectivity index (χ0n) is 11.5. The topological polar surface area (TPSA) is 73.1 Å². The quantitative estimate of drug-likeness (QED) is 0.320. The van der Waals surface area contributed by atoms with Crippen molar-refractivity contribution in [3.05, 3.63) is 60.1 Å². The number of carbonyl (C=O) groups is 1. The van der Waals surface area contributed by atoms with Gasteiger partial charge in [0.15, 0.2) is 0 Å². The summed E-state index contributed by atoms with van der Waals surface area (Å²) in [6, 6.07) is 12.3. The lowest BCUT2D eigenvalue weighted by Gasteiger charge is -2.06. The van der Waals surface area contributed by atoms with Gasteiger partial charge in [0, 0.05) is 10.2 Å². The van der Waals surface area contributed by atoms with Gasteiger partial charge in [-0.05, 0) is 80.5 Å². The number of carbonyl (C=O) groups excluding carboxylic acids is 1. The lowest BCUT2D eigenvalue weighted by molar-refractivity contribution is -0.112. The lowest BCUT2D eigenvalue weighted by Crippen LogP contribution is -2.13. The van der Waals surface area contributed by atoms with Crippen LogP contribution in [0.1, 0.15) is 5.56 Å². The summed E-state index contributed by atoms with van der Waals surface area (Å²) >= 11 is 8.53. The van der Waals surface area contributed by atoms with Gasteiger partial charge in [-0.3, -0.25) is 4.79 Å². The van der Waals surface area contributed by atoms with E-state index in [0.717, 1.165) is 4.47 Å². The molecule has 116 valence electrons. The van der Waals surface area contributed by atoms with E-state index in [0.29, 0.717) is 19.3 Å². The molecule has 0 spiro atoms. The highest BCUT2D eigenvalue weighted by atomic mass is 127. The summed E-state index contributed by atoms with van der Waals surface area (Å²) in [5.74, 6) is -0.371. The van der Waals surface area contributed by atoms with Gasteiger partial charge in [-0.1, -0.05) is 22.0 Å². The Bertz CT molecular complexity index is 821. The molecule has 0 saturated heterocycles. The minimum Gasteiger partial charge on any atom is -0.506 e. The number of hydrogen-bond acceptors (Lipinski definition) is 3. The summed E-state index contributed by atoms with van der Waals surface area (Å²) in [5.41, 5.74) is 1.20. The number of aromatic hydroxyl groups is 1. The maximum Gasteiger partial charge on any atom is 0.266 e. The third-order valence-corrected chi connectivity index (χ3v) is 4.72. The lowest BCUT2D eigenvalue weighted by atomic mass is 10.1. The molecule has 1 amide bonds. The minimum absolute atomic E-state index is 0.0293. The SMILES string of the molecule is N#C/C(=C/c1cc(Br)c(O)c(I)c1)C(=O)Nc1cccc(Br)c1. The van der Waals surface area contributed by atoms with Gasteiger partial charge in [0.1, 0.15) is 17.4 Å². The Morgan fingerprint density at radius 1 is 1.30 bits per heavy atom. The fourth-order valence-electron chi connectivity index (χ4n) is 1.75. The molecule has 2 rings (SSSR count). The second-order valence-corrected chi connectivity index (χ2v) is 7.40. The Morgan fingerprint density at radius 2 is 2.04 bits per heavy atom. The van der Waals surface area contributed by atoms with Crippen LogP contribution in [0.4, 0.5) is 5.69 Å². The van der Waals surface area contributed by atoms with Crippen molar-refractivity contribution in [1.82, 2.24) is 0 Å². The smallest absolute Gasteiger partial charge is 0.266 e. The van der Waals surface area contributed by atoms with Crippen molar-refractivity contribution in [3.63, 3.8) is 0 Å². The first-order valence-corrected chi connectivity index (χ1v) is 8.94. The Kier molecular flexibility index (Phi) is 6.21. The number of nitriles is 1. The number of anilines is 1. The summed E-state index contributed by atoms with van der Waals surface area (Å²) in [6.45, 7) is 0. The monoisotopic (exact) mass is 546 g/mol.